The molecule has 9 heteroatoms. The van der Waals surface area contributed by atoms with Crippen LogP contribution in [-0.2, 0) is 17.3 Å². The summed E-state index contributed by atoms with van der Waals surface area (Å²) in [5.41, 5.74) is 8.03. The molecule has 0 spiro atoms. The van der Waals surface area contributed by atoms with Crippen LogP contribution in [0.1, 0.15) is 24.6 Å². The van der Waals surface area contributed by atoms with Gasteiger partial charge >= 0.3 is 5.69 Å². The number of aryl methyl sites for hydroxylation is 1. The summed E-state index contributed by atoms with van der Waals surface area (Å²) < 4.78 is 13.6. The number of H-pyrrole nitrogens is 1. The van der Waals surface area contributed by atoms with Gasteiger partial charge in [0, 0.05) is 17.6 Å². The van der Waals surface area contributed by atoms with E-state index >= 15 is 0 Å². The molecular weight excluding hydrogens is 328 g/mol. The van der Waals surface area contributed by atoms with E-state index in [1.54, 1.807) is 6.20 Å². The topological polar surface area (TPSA) is 120 Å². The monoisotopic (exact) mass is 346 g/mol. The molecular formula is C15H18N6O2S. The largest absolute Gasteiger partial charge is 0.382 e. The van der Waals surface area contributed by atoms with Crippen LogP contribution >= 0.6 is 0 Å². The number of fused-ring (bicyclic) bond motifs is 1. The van der Waals surface area contributed by atoms with Crippen LogP contribution in [0.25, 0.3) is 11.2 Å². The smallest absolute Gasteiger partial charge is 0.328 e. The van der Waals surface area contributed by atoms with Gasteiger partial charge in [0.1, 0.15) is 5.52 Å². The van der Waals surface area contributed by atoms with Gasteiger partial charge in [-0.1, -0.05) is 13.0 Å². The molecule has 8 nitrogen and oxygen atoms in total. The molecule has 0 aliphatic rings. The van der Waals surface area contributed by atoms with Gasteiger partial charge < -0.3 is 10.7 Å². The summed E-state index contributed by atoms with van der Waals surface area (Å²) in [7, 11) is -1.34. The van der Waals surface area contributed by atoms with Crippen LogP contribution in [0.5, 0.6) is 0 Å². The second-order valence-corrected chi connectivity index (χ2v) is 6.93. The van der Waals surface area contributed by atoms with Crippen LogP contribution in [-0.4, -0.2) is 34.5 Å². The first-order valence-corrected chi connectivity index (χ1v) is 8.87. The number of pyridine rings is 1. The Bertz CT molecular complexity index is 960. The number of nitrogens with one attached hydrogen (secondary N) is 1. The molecule has 0 bridgehead atoms. The molecule has 0 aromatic carbocycles. The van der Waals surface area contributed by atoms with Crippen molar-refractivity contribution < 1.29 is 4.21 Å². The summed E-state index contributed by atoms with van der Waals surface area (Å²) in [5.74, 6) is 0.568. The lowest BCUT2D eigenvalue weighted by molar-refractivity contribution is 0.674. The number of aromatic amines is 1. The maximum atomic E-state index is 12.3. The van der Waals surface area contributed by atoms with Crippen LogP contribution in [0, 0.1) is 6.92 Å². The molecule has 0 amide bonds. The molecule has 0 aliphatic carbocycles. The number of hydrogen-bond acceptors (Lipinski definition) is 6. The Labute approximate surface area is 140 Å². The Morgan fingerprint density at radius 2 is 2.12 bits per heavy atom. The Hall–Kier alpha value is -2.55. The lowest BCUT2D eigenvalue weighted by Gasteiger charge is -2.05. The summed E-state index contributed by atoms with van der Waals surface area (Å²) in [5, 5.41) is 0.150. The van der Waals surface area contributed by atoms with Crippen molar-refractivity contribution in [2.45, 2.75) is 32.0 Å². The summed E-state index contributed by atoms with van der Waals surface area (Å²) in [4.78, 5) is 27.5. The number of hydrogen-bond donors (Lipinski definition) is 2. The standard InChI is InChI=1S/C15H18N6O2S/c1-3-6-24(23)14-19-12(16)11-13(20-14)21(15(22)18-11)8-10-5-4-9(2)17-7-10/h4-5,7H,3,6,8H2,1-2H3,(H,18,22)(H2,16,19,20). The van der Waals surface area contributed by atoms with Crippen molar-refractivity contribution in [3.8, 4) is 0 Å². The summed E-state index contributed by atoms with van der Waals surface area (Å²) >= 11 is 0. The zero-order chi connectivity index (χ0) is 17.3. The van der Waals surface area contributed by atoms with E-state index in [1.807, 2.05) is 26.0 Å². The van der Waals surface area contributed by atoms with Crippen LogP contribution in [0.2, 0.25) is 0 Å². The van der Waals surface area contributed by atoms with E-state index in [0.29, 0.717) is 23.5 Å². The van der Waals surface area contributed by atoms with E-state index in [4.69, 9.17) is 5.73 Å². The molecule has 3 rings (SSSR count). The van der Waals surface area contributed by atoms with Gasteiger partial charge in [-0.25, -0.2) is 14.8 Å². The van der Waals surface area contributed by atoms with E-state index in [2.05, 4.69) is 19.9 Å². The minimum absolute atomic E-state index is 0.123. The molecule has 0 radical (unpaired) electrons. The fourth-order valence-corrected chi connectivity index (χ4v) is 3.27. The Morgan fingerprint density at radius 1 is 1.33 bits per heavy atom. The molecule has 3 N–H and O–H groups in total. The van der Waals surface area contributed by atoms with E-state index < -0.39 is 10.8 Å². The van der Waals surface area contributed by atoms with Crippen LogP contribution in [0.4, 0.5) is 5.82 Å². The SMILES string of the molecule is CCCS(=O)c1nc(N)c2[nH]c(=O)n(Cc3ccc(C)nc3)c2n1. The molecule has 0 saturated carbocycles. The van der Waals surface area contributed by atoms with Crippen molar-refractivity contribution in [3.05, 3.63) is 40.1 Å². The van der Waals surface area contributed by atoms with Gasteiger partial charge in [-0.3, -0.25) is 13.8 Å². The third-order valence-corrected chi connectivity index (χ3v) is 4.91. The number of imidazole rings is 1. The minimum atomic E-state index is -1.34. The Morgan fingerprint density at radius 3 is 2.79 bits per heavy atom. The predicted octanol–water partition coefficient (Wildman–Crippen LogP) is 0.971. The first kappa shape index (κ1) is 16.3. The zero-order valence-electron chi connectivity index (χ0n) is 13.4. The molecule has 3 aromatic rings. The summed E-state index contributed by atoms with van der Waals surface area (Å²) in [6.45, 7) is 4.11. The molecule has 0 fully saturated rings. The van der Waals surface area contributed by atoms with Gasteiger partial charge in [-0.05, 0) is 25.0 Å². The number of nitrogens with two attached hydrogens (primary N) is 1. The maximum Gasteiger partial charge on any atom is 0.328 e. The highest BCUT2D eigenvalue weighted by molar-refractivity contribution is 7.84. The maximum absolute atomic E-state index is 12.3. The van der Waals surface area contributed by atoms with Gasteiger partial charge in [0.25, 0.3) is 0 Å². The second-order valence-electron chi connectivity index (χ2n) is 5.46. The highest BCUT2D eigenvalue weighted by atomic mass is 32.2. The minimum Gasteiger partial charge on any atom is -0.382 e. The molecule has 24 heavy (non-hydrogen) atoms. The number of nitrogens with zero attached hydrogens (tertiary/aromatic N) is 4. The second kappa shape index (κ2) is 6.52. The normalized spacial score (nSPS) is 12.6. The third-order valence-electron chi connectivity index (χ3n) is 3.54. The van der Waals surface area contributed by atoms with Crippen molar-refractivity contribution in [2.24, 2.45) is 0 Å². The van der Waals surface area contributed by atoms with Crippen LogP contribution < -0.4 is 11.4 Å². The highest BCUT2D eigenvalue weighted by Crippen LogP contribution is 2.17. The quantitative estimate of drug-likeness (QED) is 0.664. The fraction of sp³-hybridized carbons (Fsp3) is 0.333. The average Bonchev–Trinajstić information content (AvgIpc) is 2.87. The van der Waals surface area contributed by atoms with Gasteiger partial charge in [-0.2, -0.15) is 0 Å². The number of nitrogen functional groups attached to an aromatic ring is 1. The first-order chi connectivity index (χ1) is 11.5. The number of rotatable bonds is 5. The molecule has 126 valence electrons. The van der Waals surface area contributed by atoms with Crippen molar-refractivity contribution in [2.75, 3.05) is 11.5 Å². The molecule has 1 unspecified atom stereocenters. The zero-order valence-corrected chi connectivity index (χ0v) is 14.3. The van der Waals surface area contributed by atoms with Crippen molar-refractivity contribution >= 4 is 27.8 Å². The third kappa shape index (κ3) is 3.07. The fourth-order valence-electron chi connectivity index (χ4n) is 2.33. The number of anilines is 1. The van der Waals surface area contributed by atoms with E-state index in [1.165, 1.54) is 4.57 Å². The highest BCUT2D eigenvalue weighted by Gasteiger charge is 2.16. The van der Waals surface area contributed by atoms with E-state index in [9.17, 15) is 9.00 Å². The van der Waals surface area contributed by atoms with Crippen molar-refractivity contribution in [1.29, 1.82) is 0 Å². The first-order valence-electron chi connectivity index (χ1n) is 7.55. The summed E-state index contributed by atoms with van der Waals surface area (Å²) in [6, 6.07) is 3.77. The van der Waals surface area contributed by atoms with Crippen molar-refractivity contribution in [3.63, 3.8) is 0 Å². The van der Waals surface area contributed by atoms with Gasteiger partial charge in [0.05, 0.1) is 17.3 Å². The lowest BCUT2D eigenvalue weighted by atomic mass is 10.2. The number of aromatic nitrogens is 5. The van der Waals surface area contributed by atoms with Gasteiger partial charge in [0.15, 0.2) is 11.5 Å². The van der Waals surface area contributed by atoms with Gasteiger partial charge in [-0.15, -0.1) is 0 Å². The predicted molar refractivity (Wildman–Crippen MR) is 92.2 cm³/mol. The van der Waals surface area contributed by atoms with E-state index in [0.717, 1.165) is 17.7 Å². The van der Waals surface area contributed by atoms with Crippen LogP contribution in [0.15, 0.2) is 28.3 Å². The molecule has 3 heterocycles. The Balaban J connectivity index is 2.09. The lowest BCUT2D eigenvalue weighted by Crippen LogP contribution is -2.18. The summed E-state index contributed by atoms with van der Waals surface area (Å²) in [6.07, 6.45) is 2.45. The Kier molecular flexibility index (Phi) is 4.43. The molecule has 0 saturated heterocycles. The molecule has 1 atom stereocenters. The molecule has 0 aliphatic heterocycles. The van der Waals surface area contributed by atoms with E-state index in [-0.39, 0.29) is 16.7 Å². The van der Waals surface area contributed by atoms with Crippen LogP contribution in [0.3, 0.4) is 0 Å². The molecule has 3 aromatic heterocycles. The van der Waals surface area contributed by atoms with Gasteiger partial charge in [0.2, 0.25) is 5.16 Å². The average molecular weight is 346 g/mol. The van der Waals surface area contributed by atoms with Crippen molar-refractivity contribution in [1.82, 2.24) is 24.5 Å².